The number of carbonyl (C=O) groups is 1. The average molecular weight is 313 g/mol. The molecule has 1 amide bonds. The molecule has 0 aliphatic carbocycles. The molecule has 2 rings (SSSR count). The second-order valence-corrected chi connectivity index (χ2v) is 5.45. The molecule has 4 nitrogen and oxygen atoms in total. The van der Waals surface area contributed by atoms with Crippen molar-refractivity contribution in [3.8, 4) is 0 Å². The molecular formula is C19H23NO3. The van der Waals surface area contributed by atoms with E-state index in [1.165, 1.54) is 0 Å². The largest absolute Gasteiger partial charge is 0.392 e. The minimum atomic E-state index is -0.480. The first kappa shape index (κ1) is 17.2. The number of carbonyl (C=O) groups excluding carboxylic acids is 1. The molecule has 4 heteroatoms. The summed E-state index contributed by atoms with van der Waals surface area (Å²) in [6, 6.07) is 17.5. The smallest absolute Gasteiger partial charge is 0.248 e. The van der Waals surface area contributed by atoms with Crippen molar-refractivity contribution < 1.29 is 14.6 Å². The summed E-state index contributed by atoms with van der Waals surface area (Å²) in [7, 11) is 0. The van der Waals surface area contributed by atoms with Crippen molar-refractivity contribution in [1.82, 2.24) is 5.32 Å². The predicted molar refractivity (Wildman–Crippen MR) is 89.8 cm³/mol. The lowest BCUT2D eigenvalue weighted by molar-refractivity contribution is -0.132. The van der Waals surface area contributed by atoms with Gasteiger partial charge in [-0.3, -0.25) is 4.79 Å². The maximum atomic E-state index is 12.0. The van der Waals surface area contributed by atoms with Crippen molar-refractivity contribution in [2.45, 2.75) is 32.7 Å². The molecule has 2 aromatic rings. The van der Waals surface area contributed by atoms with Crippen LogP contribution in [0.4, 0.5) is 0 Å². The Morgan fingerprint density at radius 2 is 1.70 bits per heavy atom. The van der Waals surface area contributed by atoms with E-state index in [1.807, 2.05) is 54.6 Å². The number of aliphatic hydroxyl groups excluding tert-OH is 1. The van der Waals surface area contributed by atoms with Crippen LogP contribution in [0.25, 0.3) is 0 Å². The molecule has 0 saturated carbocycles. The summed E-state index contributed by atoms with van der Waals surface area (Å²) >= 11 is 0. The number of hydrogen-bond donors (Lipinski definition) is 2. The van der Waals surface area contributed by atoms with Gasteiger partial charge in [0.25, 0.3) is 0 Å². The first-order valence-electron chi connectivity index (χ1n) is 7.81. The van der Waals surface area contributed by atoms with Gasteiger partial charge in [-0.25, -0.2) is 0 Å². The van der Waals surface area contributed by atoms with Crippen LogP contribution < -0.4 is 5.32 Å². The molecule has 1 atom stereocenters. The van der Waals surface area contributed by atoms with Crippen LogP contribution in [0.1, 0.15) is 23.6 Å². The number of amides is 1. The van der Waals surface area contributed by atoms with Gasteiger partial charge in [0.1, 0.15) is 6.10 Å². The Morgan fingerprint density at radius 3 is 2.35 bits per heavy atom. The summed E-state index contributed by atoms with van der Waals surface area (Å²) in [5.41, 5.74) is 3.07. The molecule has 2 aromatic carbocycles. The Morgan fingerprint density at radius 1 is 1.04 bits per heavy atom. The third kappa shape index (κ3) is 5.85. The lowest BCUT2D eigenvalue weighted by Gasteiger charge is -2.13. The van der Waals surface area contributed by atoms with Crippen molar-refractivity contribution in [2.75, 3.05) is 6.54 Å². The molecule has 0 saturated heterocycles. The number of nitrogens with one attached hydrogen (secondary N) is 1. The fourth-order valence-electron chi connectivity index (χ4n) is 2.16. The number of ether oxygens (including phenoxy) is 1. The van der Waals surface area contributed by atoms with Crippen molar-refractivity contribution in [3.05, 3.63) is 71.3 Å². The molecule has 0 heterocycles. The molecule has 0 aromatic heterocycles. The van der Waals surface area contributed by atoms with Crippen LogP contribution >= 0.6 is 0 Å². The van der Waals surface area contributed by atoms with Gasteiger partial charge < -0.3 is 15.2 Å². The number of benzene rings is 2. The Kier molecular flexibility index (Phi) is 6.78. The Bertz CT molecular complexity index is 596. The monoisotopic (exact) mass is 313 g/mol. The van der Waals surface area contributed by atoms with Crippen LogP contribution in [0.5, 0.6) is 0 Å². The zero-order chi connectivity index (χ0) is 16.5. The van der Waals surface area contributed by atoms with Gasteiger partial charge in [-0.2, -0.15) is 0 Å². The second-order valence-electron chi connectivity index (χ2n) is 5.45. The maximum absolute atomic E-state index is 12.0. The van der Waals surface area contributed by atoms with Crippen LogP contribution in [0.2, 0.25) is 0 Å². The molecule has 2 N–H and O–H groups in total. The zero-order valence-corrected chi connectivity index (χ0v) is 13.4. The third-order valence-corrected chi connectivity index (χ3v) is 3.63. The van der Waals surface area contributed by atoms with Gasteiger partial charge in [-0.1, -0.05) is 54.6 Å². The minimum absolute atomic E-state index is 0.0489. The van der Waals surface area contributed by atoms with E-state index in [2.05, 4.69) is 5.32 Å². The molecule has 1 unspecified atom stereocenters. The molecular weight excluding hydrogens is 290 g/mol. The maximum Gasteiger partial charge on any atom is 0.248 e. The summed E-state index contributed by atoms with van der Waals surface area (Å²) in [6.45, 7) is 2.80. The van der Waals surface area contributed by atoms with E-state index >= 15 is 0 Å². The summed E-state index contributed by atoms with van der Waals surface area (Å²) in [6.07, 6.45) is 0.273. The number of aliphatic hydroxyl groups is 1. The van der Waals surface area contributed by atoms with E-state index in [1.54, 1.807) is 6.92 Å². The van der Waals surface area contributed by atoms with E-state index < -0.39 is 6.10 Å². The topological polar surface area (TPSA) is 58.6 Å². The summed E-state index contributed by atoms with van der Waals surface area (Å²) in [5.74, 6) is -0.104. The fraction of sp³-hybridized carbons (Fsp3) is 0.316. The van der Waals surface area contributed by atoms with Crippen LogP contribution in [0.15, 0.2) is 54.6 Å². The van der Waals surface area contributed by atoms with Gasteiger partial charge in [0.05, 0.1) is 13.2 Å². The van der Waals surface area contributed by atoms with Crippen LogP contribution in [-0.4, -0.2) is 23.7 Å². The highest BCUT2D eigenvalue weighted by atomic mass is 16.5. The average Bonchev–Trinajstić information content (AvgIpc) is 2.61. The first-order valence-corrected chi connectivity index (χ1v) is 7.81. The third-order valence-electron chi connectivity index (χ3n) is 3.63. The summed E-state index contributed by atoms with van der Waals surface area (Å²) < 4.78 is 5.58. The zero-order valence-electron chi connectivity index (χ0n) is 13.4. The van der Waals surface area contributed by atoms with E-state index in [4.69, 9.17) is 9.84 Å². The number of hydrogen-bond acceptors (Lipinski definition) is 3. The van der Waals surface area contributed by atoms with E-state index in [9.17, 15) is 4.79 Å². The number of rotatable bonds is 8. The molecule has 0 bridgehead atoms. The predicted octanol–water partition coefficient (Wildman–Crippen LogP) is 2.44. The fourth-order valence-corrected chi connectivity index (χ4v) is 2.16. The Balaban J connectivity index is 1.69. The molecule has 0 aliphatic heterocycles. The highest BCUT2D eigenvalue weighted by molar-refractivity contribution is 5.80. The summed E-state index contributed by atoms with van der Waals surface area (Å²) in [4.78, 5) is 12.0. The normalized spacial score (nSPS) is 11.9. The molecule has 0 aliphatic rings. The molecule has 0 radical (unpaired) electrons. The lowest BCUT2D eigenvalue weighted by atomic mass is 10.1. The highest BCUT2D eigenvalue weighted by Gasteiger charge is 2.12. The lowest BCUT2D eigenvalue weighted by Crippen LogP contribution is -2.35. The highest BCUT2D eigenvalue weighted by Crippen LogP contribution is 2.05. The van der Waals surface area contributed by atoms with E-state index in [0.29, 0.717) is 13.2 Å². The Hall–Kier alpha value is -2.17. The van der Waals surface area contributed by atoms with Gasteiger partial charge in [0.2, 0.25) is 5.91 Å². The molecule has 0 spiro atoms. The van der Waals surface area contributed by atoms with Gasteiger partial charge in [-0.15, -0.1) is 0 Å². The molecule has 122 valence electrons. The van der Waals surface area contributed by atoms with E-state index in [0.717, 1.165) is 23.1 Å². The van der Waals surface area contributed by atoms with Gasteiger partial charge in [-0.05, 0) is 30.0 Å². The second kappa shape index (κ2) is 9.08. The summed E-state index contributed by atoms with van der Waals surface area (Å²) in [5, 5.41) is 11.9. The van der Waals surface area contributed by atoms with Crippen LogP contribution in [0.3, 0.4) is 0 Å². The van der Waals surface area contributed by atoms with Gasteiger partial charge in [0, 0.05) is 6.54 Å². The van der Waals surface area contributed by atoms with Gasteiger partial charge in [0.15, 0.2) is 0 Å². The Labute approximate surface area is 137 Å². The van der Waals surface area contributed by atoms with Crippen LogP contribution in [0, 0.1) is 0 Å². The van der Waals surface area contributed by atoms with Crippen LogP contribution in [-0.2, 0) is 29.2 Å². The SMILES string of the molecule is CC(OCc1ccccc1)C(=O)NCCc1ccc(CO)cc1. The van der Waals surface area contributed by atoms with Crippen molar-refractivity contribution in [3.63, 3.8) is 0 Å². The quantitative estimate of drug-likeness (QED) is 0.787. The van der Waals surface area contributed by atoms with E-state index in [-0.39, 0.29) is 12.5 Å². The van der Waals surface area contributed by atoms with Crippen molar-refractivity contribution in [1.29, 1.82) is 0 Å². The van der Waals surface area contributed by atoms with Gasteiger partial charge >= 0.3 is 0 Å². The standard InChI is InChI=1S/C19H23NO3/c1-15(23-14-18-5-3-2-4-6-18)19(22)20-12-11-16-7-9-17(13-21)10-8-16/h2-10,15,21H,11-14H2,1H3,(H,20,22). The molecule has 0 fully saturated rings. The first-order chi connectivity index (χ1) is 11.2. The molecule has 23 heavy (non-hydrogen) atoms. The van der Waals surface area contributed by atoms with Crippen molar-refractivity contribution in [2.24, 2.45) is 0 Å². The minimum Gasteiger partial charge on any atom is -0.392 e. The van der Waals surface area contributed by atoms with Crippen molar-refractivity contribution >= 4 is 5.91 Å².